The zero-order chi connectivity index (χ0) is 8.10. The summed E-state index contributed by atoms with van der Waals surface area (Å²) in [5, 5.41) is 0.863. The Kier molecular flexibility index (Phi) is 3.43. The first-order valence-electron chi connectivity index (χ1n) is 3.60. The van der Waals surface area contributed by atoms with Crippen LogP contribution in [0.4, 0.5) is 0 Å². The Morgan fingerprint density at radius 1 is 1.36 bits per heavy atom. The molecule has 0 unspecified atom stereocenters. The van der Waals surface area contributed by atoms with Crippen molar-refractivity contribution in [1.82, 2.24) is 0 Å². The monoisotopic (exact) mass is 214 g/mol. The van der Waals surface area contributed by atoms with Crippen LogP contribution in [0.5, 0.6) is 5.75 Å². The third-order valence-electron chi connectivity index (χ3n) is 1.30. The molecule has 1 aromatic rings. The van der Waals surface area contributed by atoms with E-state index in [1.807, 2.05) is 37.3 Å². The summed E-state index contributed by atoms with van der Waals surface area (Å²) in [6, 6.07) is 9.83. The summed E-state index contributed by atoms with van der Waals surface area (Å²) in [5.41, 5.74) is 0. The van der Waals surface area contributed by atoms with Crippen molar-refractivity contribution < 1.29 is 4.74 Å². The van der Waals surface area contributed by atoms with E-state index in [0.29, 0.717) is 0 Å². The second kappa shape index (κ2) is 4.39. The SMILES string of the molecule is C[C@H](CBr)Oc1ccccc1. The van der Waals surface area contributed by atoms with Crippen LogP contribution in [0.1, 0.15) is 6.92 Å². The molecule has 0 N–H and O–H groups in total. The molecule has 1 rings (SSSR count). The number of para-hydroxylation sites is 1. The van der Waals surface area contributed by atoms with Crippen LogP contribution in [-0.2, 0) is 0 Å². The zero-order valence-corrected chi connectivity index (χ0v) is 8.04. The van der Waals surface area contributed by atoms with Gasteiger partial charge in [0.2, 0.25) is 0 Å². The molecule has 0 aliphatic carbocycles. The molecule has 0 heterocycles. The molecule has 2 heteroatoms. The fraction of sp³-hybridized carbons (Fsp3) is 0.333. The van der Waals surface area contributed by atoms with Crippen LogP contribution in [0.3, 0.4) is 0 Å². The Hall–Kier alpha value is -0.500. The number of hydrogen-bond acceptors (Lipinski definition) is 1. The van der Waals surface area contributed by atoms with Crippen molar-refractivity contribution in [2.75, 3.05) is 5.33 Å². The van der Waals surface area contributed by atoms with Crippen LogP contribution in [0.25, 0.3) is 0 Å². The first-order chi connectivity index (χ1) is 5.33. The quantitative estimate of drug-likeness (QED) is 0.704. The van der Waals surface area contributed by atoms with Crippen LogP contribution >= 0.6 is 15.9 Å². The number of benzene rings is 1. The zero-order valence-electron chi connectivity index (χ0n) is 6.46. The second-order valence-corrected chi connectivity index (χ2v) is 3.04. The molecule has 0 aliphatic rings. The molecule has 1 nitrogen and oxygen atoms in total. The molecular weight excluding hydrogens is 204 g/mol. The maximum Gasteiger partial charge on any atom is 0.119 e. The summed E-state index contributed by atoms with van der Waals surface area (Å²) in [6.45, 7) is 2.03. The van der Waals surface area contributed by atoms with Crippen LogP contribution in [0.15, 0.2) is 30.3 Å². The van der Waals surface area contributed by atoms with E-state index in [-0.39, 0.29) is 6.10 Å². The first kappa shape index (κ1) is 8.60. The van der Waals surface area contributed by atoms with E-state index in [4.69, 9.17) is 4.74 Å². The molecule has 60 valence electrons. The largest absolute Gasteiger partial charge is 0.490 e. The van der Waals surface area contributed by atoms with Gasteiger partial charge in [-0.05, 0) is 19.1 Å². The van der Waals surface area contributed by atoms with E-state index in [9.17, 15) is 0 Å². The Labute approximate surface area is 75.5 Å². The lowest BCUT2D eigenvalue weighted by molar-refractivity contribution is 0.248. The van der Waals surface area contributed by atoms with Crippen molar-refractivity contribution in [3.63, 3.8) is 0 Å². The Balaban J connectivity index is 2.51. The van der Waals surface area contributed by atoms with Crippen molar-refractivity contribution in [2.45, 2.75) is 13.0 Å². The van der Waals surface area contributed by atoms with Gasteiger partial charge >= 0.3 is 0 Å². The molecule has 11 heavy (non-hydrogen) atoms. The molecule has 0 aromatic heterocycles. The summed E-state index contributed by atoms with van der Waals surface area (Å²) in [5.74, 6) is 0.930. The molecular formula is C9H11BrO. The van der Waals surface area contributed by atoms with E-state index in [1.54, 1.807) is 0 Å². The number of alkyl halides is 1. The minimum atomic E-state index is 0.234. The second-order valence-electron chi connectivity index (χ2n) is 2.40. The van der Waals surface area contributed by atoms with Gasteiger partial charge in [-0.1, -0.05) is 34.1 Å². The van der Waals surface area contributed by atoms with Crippen molar-refractivity contribution >= 4 is 15.9 Å². The third-order valence-corrected chi connectivity index (χ3v) is 2.21. The van der Waals surface area contributed by atoms with E-state index in [0.717, 1.165) is 11.1 Å². The summed E-state index contributed by atoms with van der Waals surface area (Å²) >= 11 is 3.35. The van der Waals surface area contributed by atoms with Crippen molar-refractivity contribution in [3.05, 3.63) is 30.3 Å². The minimum absolute atomic E-state index is 0.234. The highest BCUT2D eigenvalue weighted by molar-refractivity contribution is 9.09. The van der Waals surface area contributed by atoms with Gasteiger partial charge in [-0.2, -0.15) is 0 Å². The van der Waals surface area contributed by atoms with Gasteiger partial charge in [-0.25, -0.2) is 0 Å². The Morgan fingerprint density at radius 2 is 2.00 bits per heavy atom. The van der Waals surface area contributed by atoms with E-state index < -0.39 is 0 Å². The standard InChI is InChI=1S/C9H11BrO/c1-8(7-10)11-9-5-3-2-4-6-9/h2-6,8H,7H2,1H3/t8-/m1/s1. The molecule has 0 radical (unpaired) electrons. The summed E-state index contributed by atoms with van der Waals surface area (Å²) < 4.78 is 5.52. The summed E-state index contributed by atoms with van der Waals surface area (Å²) in [6.07, 6.45) is 0.234. The average Bonchev–Trinajstić information content (AvgIpc) is 2.06. The van der Waals surface area contributed by atoms with Crippen LogP contribution in [0.2, 0.25) is 0 Å². The van der Waals surface area contributed by atoms with Gasteiger partial charge in [0.1, 0.15) is 11.9 Å². The molecule has 0 saturated heterocycles. The van der Waals surface area contributed by atoms with Gasteiger partial charge in [0.05, 0.1) is 0 Å². The number of rotatable bonds is 3. The van der Waals surface area contributed by atoms with E-state index >= 15 is 0 Å². The van der Waals surface area contributed by atoms with Crippen LogP contribution < -0.4 is 4.74 Å². The van der Waals surface area contributed by atoms with Gasteiger partial charge in [-0.15, -0.1) is 0 Å². The molecule has 1 atom stereocenters. The summed E-state index contributed by atoms with van der Waals surface area (Å²) in [7, 11) is 0. The highest BCUT2D eigenvalue weighted by Gasteiger charge is 1.99. The molecule has 0 amide bonds. The molecule has 0 bridgehead atoms. The first-order valence-corrected chi connectivity index (χ1v) is 4.72. The smallest absolute Gasteiger partial charge is 0.119 e. The van der Waals surface area contributed by atoms with Crippen LogP contribution in [0, 0.1) is 0 Å². The maximum absolute atomic E-state index is 5.52. The van der Waals surface area contributed by atoms with Crippen molar-refractivity contribution in [1.29, 1.82) is 0 Å². The molecule has 0 fully saturated rings. The highest BCUT2D eigenvalue weighted by Crippen LogP contribution is 2.11. The predicted octanol–water partition coefficient (Wildman–Crippen LogP) is 2.85. The number of halogens is 1. The Bertz CT molecular complexity index is 198. The lowest BCUT2D eigenvalue weighted by Gasteiger charge is -2.10. The molecule has 0 saturated carbocycles. The lowest BCUT2D eigenvalue weighted by atomic mass is 10.3. The Morgan fingerprint density at radius 3 is 2.55 bits per heavy atom. The topological polar surface area (TPSA) is 9.23 Å². The van der Waals surface area contributed by atoms with Gasteiger partial charge in [-0.3, -0.25) is 0 Å². The van der Waals surface area contributed by atoms with Crippen molar-refractivity contribution in [3.8, 4) is 5.75 Å². The van der Waals surface area contributed by atoms with Gasteiger partial charge in [0.15, 0.2) is 0 Å². The number of ether oxygens (including phenoxy) is 1. The van der Waals surface area contributed by atoms with Crippen molar-refractivity contribution in [2.24, 2.45) is 0 Å². The number of hydrogen-bond donors (Lipinski definition) is 0. The van der Waals surface area contributed by atoms with Crippen LogP contribution in [-0.4, -0.2) is 11.4 Å². The van der Waals surface area contributed by atoms with Gasteiger partial charge in [0, 0.05) is 5.33 Å². The molecule has 0 aliphatic heterocycles. The summed E-state index contributed by atoms with van der Waals surface area (Å²) in [4.78, 5) is 0. The normalized spacial score (nSPS) is 12.5. The van der Waals surface area contributed by atoms with Gasteiger partial charge in [0.25, 0.3) is 0 Å². The van der Waals surface area contributed by atoms with E-state index in [2.05, 4.69) is 15.9 Å². The molecule has 0 spiro atoms. The predicted molar refractivity (Wildman–Crippen MR) is 50.3 cm³/mol. The minimum Gasteiger partial charge on any atom is -0.490 e. The fourth-order valence-electron chi connectivity index (χ4n) is 0.763. The lowest BCUT2D eigenvalue weighted by Crippen LogP contribution is -2.12. The van der Waals surface area contributed by atoms with Gasteiger partial charge < -0.3 is 4.74 Å². The third kappa shape index (κ3) is 2.93. The van der Waals surface area contributed by atoms with E-state index in [1.165, 1.54) is 0 Å². The molecule has 1 aromatic carbocycles. The maximum atomic E-state index is 5.52. The fourth-order valence-corrected chi connectivity index (χ4v) is 0.895. The highest BCUT2D eigenvalue weighted by atomic mass is 79.9. The average molecular weight is 215 g/mol.